The number of nitrogens with zero attached hydrogens (tertiary/aromatic N) is 3. The van der Waals surface area contributed by atoms with Gasteiger partial charge in [0.2, 0.25) is 5.76 Å². The minimum absolute atomic E-state index is 0.0235. The van der Waals surface area contributed by atoms with E-state index in [2.05, 4.69) is 15.1 Å². The second-order valence-corrected chi connectivity index (χ2v) is 6.54. The molecule has 7 nitrogen and oxygen atoms in total. The number of ether oxygens (including phenoxy) is 1. The first kappa shape index (κ1) is 17.8. The van der Waals surface area contributed by atoms with E-state index in [4.69, 9.17) is 13.7 Å². The Hall–Kier alpha value is -4.26. The highest BCUT2D eigenvalue weighted by Crippen LogP contribution is 2.26. The number of carbonyl (C=O) groups is 1. The zero-order valence-electron chi connectivity index (χ0n) is 15.7. The van der Waals surface area contributed by atoms with E-state index < -0.39 is 5.97 Å². The number of hydrogen-bond donors (Lipinski definition) is 0. The van der Waals surface area contributed by atoms with Gasteiger partial charge in [0.1, 0.15) is 12.3 Å². The minimum atomic E-state index is -0.466. The lowest BCUT2D eigenvalue weighted by Crippen LogP contribution is -2.07. The number of hydrogen-bond acceptors (Lipinski definition) is 7. The van der Waals surface area contributed by atoms with Gasteiger partial charge < -0.3 is 13.7 Å². The zero-order valence-corrected chi connectivity index (χ0v) is 15.7. The number of benzene rings is 1. The fourth-order valence-electron chi connectivity index (χ4n) is 3.15. The number of fused-ring (bicyclic) bond motifs is 1. The summed E-state index contributed by atoms with van der Waals surface area (Å²) in [6.45, 7) is -0.0235. The summed E-state index contributed by atoms with van der Waals surface area (Å²) in [4.78, 5) is 21.6. The summed E-state index contributed by atoms with van der Waals surface area (Å²) in [6.07, 6.45) is 4.92. The van der Waals surface area contributed by atoms with Gasteiger partial charge >= 0.3 is 5.97 Å². The maximum atomic E-state index is 12.9. The summed E-state index contributed by atoms with van der Waals surface area (Å²) in [5, 5.41) is 4.65. The Balaban J connectivity index is 1.43. The number of pyridine rings is 2. The van der Waals surface area contributed by atoms with Crippen LogP contribution in [0.4, 0.5) is 0 Å². The second kappa shape index (κ2) is 7.63. The van der Waals surface area contributed by atoms with Crippen molar-refractivity contribution in [3.63, 3.8) is 0 Å². The van der Waals surface area contributed by atoms with Crippen LogP contribution >= 0.6 is 0 Å². The highest BCUT2D eigenvalue weighted by atomic mass is 16.5. The summed E-state index contributed by atoms with van der Waals surface area (Å²) in [7, 11) is 0. The van der Waals surface area contributed by atoms with Gasteiger partial charge in [0.25, 0.3) is 0 Å². The van der Waals surface area contributed by atoms with Crippen LogP contribution in [0, 0.1) is 0 Å². The lowest BCUT2D eigenvalue weighted by Gasteiger charge is -2.09. The molecule has 4 aromatic heterocycles. The highest BCUT2D eigenvalue weighted by Gasteiger charge is 2.17. The molecule has 0 aliphatic heterocycles. The van der Waals surface area contributed by atoms with Gasteiger partial charge in [0.05, 0.1) is 23.0 Å². The standard InChI is InChI=1S/C23H15N3O4/c27-23(29-14-16-12-22(30-26-16)21-6-3-11-28-21)18-13-20(15-7-9-24-10-8-15)25-19-5-2-1-4-17(18)19/h1-13H,14H2. The molecule has 0 N–H and O–H groups in total. The molecule has 0 saturated heterocycles. The summed E-state index contributed by atoms with van der Waals surface area (Å²) in [5.41, 5.74) is 3.17. The lowest BCUT2D eigenvalue weighted by atomic mass is 10.0. The molecule has 7 heteroatoms. The Bertz CT molecular complexity index is 1310. The molecule has 30 heavy (non-hydrogen) atoms. The van der Waals surface area contributed by atoms with E-state index in [1.54, 1.807) is 42.9 Å². The van der Waals surface area contributed by atoms with Crippen molar-refractivity contribution in [2.24, 2.45) is 0 Å². The van der Waals surface area contributed by atoms with Crippen LogP contribution in [0.5, 0.6) is 0 Å². The van der Waals surface area contributed by atoms with E-state index in [1.165, 1.54) is 0 Å². The minimum Gasteiger partial charge on any atom is -0.461 e. The predicted octanol–water partition coefficient (Wildman–Crippen LogP) is 4.90. The average molecular weight is 397 g/mol. The first-order valence-electron chi connectivity index (χ1n) is 9.25. The predicted molar refractivity (Wildman–Crippen MR) is 108 cm³/mol. The monoisotopic (exact) mass is 397 g/mol. The second-order valence-electron chi connectivity index (χ2n) is 6.54. The third-order valence-electron chi connectivity index (χ3n) is 4.59. The van der Waals surface area contributed by atoms with Crippen LogP contribution < -0.4 is 0 Å². The summed E-state index contributed by atoms with van der Waals surface area (Å²) < 4.78 is 16.0. The third kappa shape index (κ3) is 3.44. The van der Waals surface area contributed by atoms with Crippen molar-refractivity contribution in [2.45, 2.75) is 6.61 Å². The largest absolute Gasteiger partial charge is 0.461 e. The Morgan fingerprint density at radius 2 is 1.83 bits per heavy atom. The molecular weight excluding hydrogens is 382 g/mol. The molecule has 0 amide bonds. The van der Waals surface area contributed by atoms with Crippen molar-refractivity contribution in [3.05, 3.63) is 90.6 Å². The van der Waals surface area contributed by atoms with Crippen LogP contribution in [0.15, 0.2) is 88.3 Å². The van der Waals surface area contributed by atoms with Crippen molar-refractivity contribution < 1.29 is 18.5 Å². The van der Waals surface area contributed by atoms with Crippen molar-refractivity contribution in [2.75, 3.05) is 0 Å². The van der Waals surface area contributed by atoms with E-state index in [0.29, 0.717) is 34.0 Å². The first-order valence-corrected chi connectivity index (χ1v) is 9.25. The normalized spacial score (nSPS) is 10.9. The van der Waals surface area contributed by atoms with Crippen molar-refractivity contribution in [1.29, 1.82) is 0 Å². The van der Waals surface area contributed by atoms with E-state index in [0.717, 1.165) is 10.9 Å². The van der Waals surface area contributed by atoms with Gasteiger partial charge in [0, 0.05) is 29.4 Å². The van der Waals surface area contributed by atoms with Crippen LogP contribution in [0.2, 0.25) is 0 Å². The van der Waals surface area contributed by atoms with E-state index in [-0.39, 0.29) is 6.61 Å². The van der Waals surface area contributed by atoms with Crippen molar-refractivity contribution in [3.8, 4) is 22.8 Å². The number of rotatable bonds is 5. The molecule has 0 unspecified atom stereocenters. The molecule has 0 aliphatic carbocycles. The number of aromatic nitrogens is 3. The first-order chi connectivity index (χ1) is 14.8. The number of furan rings is 1. The SMILES string of the molecule is O=C(OCc1cc(-c2ccco2)on1)c1cc(-c2ccncc2)nc2ccccc12. The van der Waals surface area contributed by atoms with Gasteiger partial charge in [-0.1, -0.05) is 23.4 Å². The smallest absolute Gasteiger partial charge is 0.339 e. The molecule has 5 rings (SSSR count). The molecule has 0 spiro atoms. The van der Waals surface area contributed by atoms with Crippen molar-refractivity contribution in [1.82, 2.24) is 15.1 Å². The Kier molecular flexibility index (Phi) is 4.53. The molecule has 5 aromatic rings. The van der Waals surface area contributed by atoms with E-state index in [1.807, 2.05) is 36.4 Å². The Morgan fingerprint density at radius 3 is 2.67 bits per heavy atom. The molecule has 1 aromatic carbocycles. The molecule has 0 atom stereocenters. The van der Waals surface area contributed by atoms with Crippen LogP contribution in [-0.4, -0.2) is 21.1 Å². The van der Waals surface area contributed by atoms with Crippen molar-refractivity contribution >= 4 is 16.9 Å². The Labute approximate surface area is 170 Å². The molecule has 0 radical (unpaired) electrons. The third-order valence-corrected chi connectivity index (χ3v) is 4.59. The number of carbonyl (C=O) groups excluding carboxylic acids is 1. The van der Waals surface area contributed by atoms with Gasteiger partial charge in [-0.15, -0.1) is 0 Å². The fraction of sp³-hybridized carbons (Fsp3) is 0.0435. The summed E-state index contributed by atoms with van der Waals surface area (Å²) in [5.74, 6) is 0.564. The molecule has 0 aliphatic rings. The lowest BCUT2D eigenvalue weighted by molar-refractivity contribution is 0.0466. The molecular formula is C23H15N3O4. The van der Waals surface area contributed by atoms with Crippen LogP contribution in [0.1, 0.15) is 16.1 Å². The van der Waals surface area contributed by atoms with Gasteiger partial charge in [0.15, 0.2) is 5.76 Å². The Morgan fingerprint density at radius 1 is 0.967 bits per heavy atom. The van der Waals surface area contributed by atoms with E-state index >= 15 is 0 Å². The maximum absolute atomic E-state index is 12.9. The van der Waals surface area contributed by atoms with Crippen LogP contribution in [0.25, 0.3) is 33.7 Å². The van der Waals surface area contributed by atoms with Gasteiger partial charge in [-0.25, -0.2) is 9.78 Å². The quantitative estimate of drug-likeness (QED) is 0.389. The molecule has 4 heterocycles. The average Bonchev–Trinajstić information content (AvgIpc) is 3.49. The van der Waals surface area contributed by atoms with E-state index in [9.17, 15) is 4.79 Å². The van der Waals surface area contributed by atoms with Crippen LogP contribution in [0.3, 0.4) is 0 Å². The van der Waals surface area contributed by atoms with Crippen LogP contribution in [-0.2, 0) is 11.3 Å². The zero-order chi connectivity index (χ0) is 20.3. The molecule has 0 fully saturated rings. The summed E-state index contributed by atoms with van der Waals surface area (Å²) in [6, 6.07) is 18.1. The number of para-hydroxylation sites is 1. The van der Waals surface area contributed by atoms with Gasteiger partial charge in [-0.05, 0) is 36.4 Å². The summed E-state index contributed by atoms with van der Waals surface area (Å²) >= 11 is 0. The molecule has 0 bridgehead atoms. The highest BCUT2D eigenvalue weighted by molar-refractivity contribution is 6.04. The maximum Gasteiger partial charge on any atom is 0.339 e. The van der Waals surface area contributed by atoms with Gasteiger partial charge in [-0.2, -0.15) is 0 Å². The van der Waals surface area contributed by atoms with Gasteiger partial charge in [-0.3, -0.25) is 4.98 Å². The number of esters is 1. The fourth-order valence-corrected chi connectivity index (χ4v) is 3.15. The molecule has 0 saturated carbocycles. The topological polar surface area (TPSA) is 91.2 Å². The molecule has 146 valence electrons.